The highest BCUT2D eigenvalue weighted by atomic mass is 16.2. The van der Waals surface area contributed by atoms with E-state index in [2.05, 4.69) is 10.2 Å². The predicted molar refractivity (Wildman–Crippen MR) is 88.7 cm³/mol. The Balaban J connectivity index is 1.41. The van der Waals surface area contributed by atoms with Crippen LogP contribution in [-0.2, 0) is 6.54 Å². The molecule has 1 N–H and O–H groups in total. The zero-order chi connectivity index (χ0) is 15.2. The number of amides is 2. The van der Waals surface area contributed by atoms with Crippen LogP contribution in [-0.4, -0.2) is 48.1 Å². The van der Waals surface area contributed by atoms with Gasteiger partial charge in [-0.15, -0.1) is 0 Å². The summed E-state index contributed by atoms with van der Waals surface area (Å²) in [5.41, 5.74) is 1.15. The minimum atomic E-state index is 0.0761. The highest BCUT2D eigenvalue weighted by Crippen LogP contribution is 2.23. The van der Waals surface area contributed by atoms with Crippen LogP contribution in [0.2, 0.25) is 0 Å². The fourth-order valence-electron chi connectivity index (χ4n) is 3.62. The third-order valence-corrected chi connectivity index (χ3v) is 4.98. The number of carbonyl (C=O) groups is 1. The van der Waals surface area contributed by atoms with Crippen molar-refractivity contribution < 1.29 is 4.79 Å². The number of rotatable bonds is 3. The van der Waals surface area contributed by atoms with Crippen molar-refractivity contribution in [2.24, 2.45) is 0 Å². The molecule has 1 aliphatic heterocycles. The lowest BCUT2D eigenvalue weighted by atomic mass is 9.94. The smallest absolute Gasteiger partial charge is 0.317 e. The van der Waals surface area contributed by atoms with Gasteiger partial charge in [-0.1, -0.05) is 49.6 Å². The number of urea groups is 1. The SMILES string of the molecule is O=C(NCc1ccccc1)N1CCN(C2CCCCC2)CC1. The monoisotopic (exact) mass is 301 g/mol. The van der Waals surface area contributed by atoms with E-state index in [9.17, 15) is 4.79 Å². The van der Waals surface area contributed by atoms with Crippen molar-refractivity contribution in [1.82, 2.24) is 15.1 Å². The molecule has 1 aromatic carbocycles. The summed E-state index contributed by atoms with van der Waals surface area (Å²) in [6.07, 6.45) is 6.85. The van der Waals surface area contributed by atoms with E-state index >= 15 is 0 Å². The third-order valence-electron chi connectivity index (χ3n) is 4.98. The Morgan fingerprint density at radius 3 is 2.36 bits per heavy atom. The molecule has 2 aliphatic rings. The van der Waals surface area contributed by atoms with Gasteiger partial charge in [0, 0.05) is 38.8 Å². The zero-order valence-electron chi connectivity index (χ0n) is 13.3. The maximum absolute atomic E-state index is 12.3. The third kappa shape index (κ3) is 4.01. The summed E-state index contributed by atoms with van der Waals surface area (Å²) in [7, 11) is 0. The maximum Gasteiger partial charge on any atom is 0.317 e. The number of nitrogens with zero attached hydrogens (tertiary/aromatic N) is 2. The molecule has 3 rings (SSSR count). The molecule has 1 aromatic rings. The van der Waals surface area contributed by atoms with Crippen LogP contribution in [0.4, 0.5) is 4.79 Å². The van der Waals surface area contributed by atoms with E-state index in [0.29, 0.717) is 6.54 Å². The molecule has 120 valence electrons. The molecular formula is C18H27N3O. The summed E-state index contributed by atoms with van der Waals surface area (Å²) >= 11 is 0. The minimum absolute atomic E-state index is 0.0761. The van der Waals surface area contributed by atoms with Crippen LogP contribution in [0.25, 0.3) is 0 Å². The van der Waals surface area contributed by atoms with E-state index in [-0.39, 0.29) is 6.03 Å². The molecule has 0 bridgehead atoms. The van der Waals surface area contributed by atoms with Gasteiger partial charge in [-0.2, -0.15) is 0 Å². The number of nitrogens with one attached hydrogen (secondary N) is 1. The molecule has 2 amide bonds. The Labute approximate surface area is 133 Å². The van der Waals surface area contributed by atoms with Gasteiger partial charge in [-0.05, 0) is 18.4 Å². The van der Waals surface area contributed by atoms with Gasteiger partial charge in [0.15, 0.2) is 0 Å². The fraction of sp³-hybridized carbons (Fsp3) is 0.611. The first-order chi connectivity index (χ1) is 10.8. The molecule has 4 heteroatoms. The second-order valence-corrected chi connectivity index (χ2v) is 6.46. The molecule has 0 spiro atoms. The van der Waals surface area contributed by atoms with Crippen molar-refractivity contribution in [3.8, 4) is 0 Å². The van der Waals surface area contributed by atoms with Crippen LogP contribution in [0.1, 0.15) is 37.7 Å². The predicted octanol–water partition coefficient (Wildman–Crippen LogP) is 2.85. The highest BCUT2D eigenvalue weighted by molar-refractivity contribution is 5.74. The lowest BCUT2D eigenvalue weighted by Gasteiger charge is -2.40. The quantitative estimate of drug-likeness (QED) is 0.932. The lowest BCUT2D eigenvalue weighted by Crippen LogP contribution is -2.54. The number of hydrogen-bond acceptors (Lipinski definition) is 2. The largest absolute Gasteiger partial charge is 0.334 e. The molecule has 4 nitrogen and oxygen atoms in total. The first-order valence-corrected chi connectivity index (χ1v) is 8.64. The molecular weight excluding hydrogens is 274 g/mol. The van der Waals surface area contributed by atoms with Gasteiger partial charge in [0.05, 0.1) is 0 Å². The number of hydrogen-bond donors (Lipinski definition) is 1. The van der Waals surface area contributed by atoms with Crippen LogP contribution in [0.3, 0.4) is 0 Å². The van der Waals surface area contributed by atoms with Crippen LogP contribution in [0.15, 0.2) is 30.3 Å². The Morgan fingerprint density at radius 1 is 1.00 bits per heavy atom. The van der Waals surface area contributed by atoms with Crippen molar-refractivity contribution >= 4 is 6.03 Å². The summed E-state index contributed by atoms with van der Waals surface area (Å²) in [5.74, 6) is 0. The average molecular weight is 301 g/mol. The number of piperazine rings is 1. The van der Waals surface area contributed by atoms with Crippen molar-refractivity contribution in [2.75, 3.05) is 26.2 Å². The average Bonchev–Trinajstić information content (AvgIpc) is 2.61. The molecule has 0 radical (unpaired) electrons. The Hall–Kier alpha value is -1.55. The standard InChI is InChI=1S/C18H27N3O/c22-18(19-15-16-7-3-1-4-8-16)21-13-11-20(12-14-21)17-9-5-2-6-10-17/h1,3-4,7-8,17H,2,5-6,9-15H2,(H,19,22). The minimum Gasteiger partial charge on any atom is -0.334 e. The molecule has 0 unspecified atom stereocenters. The van der Waals surface area contributed by atoms with Gasteiger partial charge < -0.3 is 10.2 Å². The van der Waals surface area contributed by atoms with Gasteiger partial charge in [0.2, 0.25) is 0 Å². The van der Waals surface area contributed by atoms with Gasteiger partial charge >= 0.3 is 6.03 Å². The van der Waals surface area contributed by atoms with E-state index in [0.717, 1.165) is 37.8 Å². The summed E-state index contributed by atoms with van der Waals surface area (Å²) in [4.78, 5) is 16.8. The molecule has 0 aromatic heterocycles. The van der Waals surface area contributed by atoms with E-state index in [1.54, 1.807) is 0 Å². The molecule has 1 aliphatic carbocycles. The molecule has 1 saturated carbocycles. The van der Waals surface area contributed by atoms with E-state index < -0.39 is 0 Å². The molecule has 1 heterocycles. The first-order valence-electron chi connectivity index (χ1n) is 8.64. The number of carbonyl (C=O) groups excluding carboxylic acids is 1. The van der Waals surface area contributed by atoms with E-state index in [1.807, 2.05) is 35.2 Å². The van der Waals surface area contributed by atoms with E-state index in [4.69, 9.17) is 0 Å². The highest BCUT2D eigenvalue weighted by Gasteiger charge is 2.26. The van der Waals surface area contributed by atoms with Crippen LogP contribution in [0.5, 0.6) is 0 Å². The van der Waals surface area contributed by atoms with Crippen LogP contribution < -0.4 is 5.32 Å². The van der Waals surface area contributed by atoms with Crippen molar-refractivity contribution in [1.29, 1.82) is 0 Å². The second kappa shape index (κ2) is 7.63. The van der Waals surface area contributed by atoms with Gasteiger partial charge in [-0.25, -0.2) is 4.79 Å². The molecule has 22 heavy (non-hydrogen) atoms. The lowest BCUT2D eigenvalue weighted by molar-refractivity contribution is 0.0905. The van der Waals surface area contributed by atoms with Crippen molar-refractivity contribution in [2.45, 2.75) is 44.7 Å². The van der Waals surface area contributed by atoms with E-state index in [1.165, 1.54) is 32.1 Å². The van der Waals surface area contributed by atoms with Crippen molar-refractivity contribution in [3.63, 3.8) is 0 Å². The molecule has 1 saturated heterocycles. The maximum atomic E-state index is 12.3. The molecule has 0 atom stereocenters. The summed E-state index contributed by atoms with van der Waals surface area (Å²) < 4.78 is 0. The van der Waals surface area contributed by atoms with Crippen LogP contribution >= 0.6 is 0 Å². The second-order valence-electron chi connectivity index (χ2n) is 6.46. The fourth-order valence-corrected chi connectivity index (χ4v) is 3.62. The van der Waals surface area contributed by atoms with Crippen LogP contribution in [0, 0.1) is 0 Å². The zero-order valence-corrected chi connectivity index (χ0v) is 13.3. The Kier molecular flexibility index (Phi) is 5.33. The topological polar surface area (TPSA) is 35.6 Å². The summed E-state index contributed by atoms with van der Waals surface area (Å²) in [6, 6.07) is 10.9. The van der Waals surface area contributed by atoms with Crippen molar-refractivity contribution in [3.05, 3.63) is 35.9 Å². The van der Waals surface area contributed by atoms with Gasteiger partial charge in [-0.3, -0.25) is 4.90 Å². The Bertz CT molecular complexity index is 462. The number of benzene rings is 1. The Morgan fingerprint density at radius 2 is 1.68 bits per heavy atom. The first kappa shape index (κ1) is 15.3. The van der Waals surface area contributed by atoms with Gasteiger partial charge in [0.25, 0.3) is 0 Å². The molecule has 2 fully saturated rings. The summed E-state index contributed by atoms with van der Waals surface area (Å²) in [5, 5.41) is 3.03. The normalized spacial score (nSPS) is 20.8. The van der Waals surface area contributed by atoms with Gasteiger partial charge in [0.1, 0.15) is 0 Å². The summed E-state index contributed by atoms with van der Waals surface area (Å²) in [6.45, 7) is 4.39.